The summed E-state index contributed by atoms with van der Waals surface area (Å²) in [6, 6.07) is 11.1. The molecule has 2 aliphatic rings. The van der Waals surface area contributed by atoms with Gasteiger partial charge in [-0.1, -0.05) is 24.3 Å². The van der Waals surface area contributed by atoms with E-state index in [9.17, 15) is 26.4 Å². The van der Waals surface area contributed by atoms with Crippen LogP contribution < -0.4 is 0 Å². The number of morpholine rings is 1. The molecule has 1 fully saturated rings. The zero-order chi connectivity index (χ0) is 21.5. The Labute approximate surface area is 174 Å². The molecule has 2 aromatic rings. The van der Waals surface area contributed by atoms with Gasteiger partial charge in [-0.15, -0.1) is 0 Å². The molecule has 1 saturated heterocycles. The maximum atomic E-state index is 12.8. The van der Waals surface area contributed by atoms with Gasteiger partial charge in [0.2, 0.25) is 10.0 Å². The highest BCUT2D eigenvalue weighted by Gasteiger charge is 2.42. The van der Waals surface area contributed by atoms with Gasteiger partial charge in [0, 0.05) is 18.7 Å². The van der Waals surface area contributed by atoms with Crippen molar-refractivity contribution in [1.82, 2.24) is 8.61 Å². The fourth-order valence-corrected chi connectivity index (χ4v) is 6.35. The van der Waals surface area contributed by atoms with Gasteiger partial charge in [-0.05, 0) is 24.3 Å². The second-order valence-electron chi connectivity index (χ2n) is 6.78. The number of amides is 1. The molecule has 0 unspecified atom stereocenters. The molecule has 0 bridgehead atoms. The van der Waals surface area contributed by atoms with Gasteiger partial charge in [0.1, 0.15) is 11.4 Å². The lowest BCUT2D eigenvalue weighted by Gasteiger charge is -2.26. The van der Waals surface area contributed by atoms with E-state index in [1.54, 1.807) is 0 Å². The smallest absolute Gasteiger partial charge is 0.269 e. The number of ether oxygens (including phenoxy) is 1. The van der Waals surface area contributed by atoms with Crippen molar-refractivity contribution in [3.8, 4) is 0 Å². The lowest BCUT2D eigenvalue weighted by molar-refractivity contribution is 0.0730. The maximum absolute atomic E-state index is 12.8. The summed E-state index contributed by atoms with van der Waals surface area (Å²) in [6.45, 7) is 0.274. The first kappa shape index (κ1) is 20.7. The molecular weight excluding hydrogens is 432 g/mol. The molecule has 0 aliphatic carbocycles. The Morgan fingerprint density at radius 2 is 1.73 bits per heavy atom. The van der Waals surface area contributed by atoms with E-state index in [1.807, 2.05) is 0 Å². The van der Waals surface area contributed by atoms with Crippen molar-refractivity contribution in [2.45, 2.75) is 9.79 Å². The number of nitrogens with zero attached hydrogens (tertiary/aromatic N) is 2. The quantitative estimate of drug-likeness (QED) is 0.617. The summed E-state index contributed by atoms with van der Waals surface area (Å²) in [4.78, 5) is 25.0. The number of rotatable bonds is 5. The van der Waals surface area contributed by atoms with Crippen LogP contribution in [0.3, 0.4) is 0 Å². The first-order valence-corrected chi connectivity index (χ1v) is 12.0. The maximum Gasteiger partial charge on any atom is 0.269 e. The summed E-state index contributed by atoms with van der Waals surface area (Å²) < 4.78 is 57.8. The zero-order valence-corrected chi connectivity index (χ0v) is 17.4. The number of sulfonamides is 2. The Balaban J connectivity index is 1.60. The highest BCUT2D eigenvalue weighted by molar-refractivity contribution is 7.90. The minimum atomic E-state index is -4.13. The van der Waals surface area contributed by atoms with Gasteiger partial charge >= 0.3 is 0 Å². The van der Waals surface area contributed by atoms with Gasteiger partial charge in [-0.3, -0.25) is 9.59 Å². The Hall–Kier alpha value is -2.60. The van der Waals surface area contributed by atoms with Gasteiger partial charge in [0.05, 0.1) is 23.7 Å². The molecule has 30 heavy (non-hydrogen) atoms. The second-order valence-corrected chi connectivity index (χ2v) is 10.5. The van der Waals surface area contributed by atoms with E-state index in [4.69, 9.17) is 4.74 Å². The molecule has 1 amide bonds. The summed E-state index contributed by atoms with van der Waals surface area (Å²) in [7, 11) is -7.95. The molecule has 0 N–H and O–H groups in total. The Bertz CT molecular complexity index is 1230. The lowest BCUT2D eigenvalue weighted by atomic mass is 10.1. The van der Waals surface area contributed by atoms with Gasteiger partial charge in [0.25, 0.3) is 15.9 Å². The van der Waals surface area contributed by atoms with E-state index in [1.165, 1.54) is 52.8 Å². The summed E-state index contributed by atoms with van der Waals surface area (Å²) >= 11 is 0. The molecule has 2 heterocycles. The fourth-order valence-electron chi connectivity index (χ4n) is 3.38. The van der Waals surface area contributed by atoms with E-state index in [0.717, 1.165) is 0 Å². The molecule has 0 atom stereocenters. The summed E-state index contributed by atoms with van der Waals surface area (Å²) in [5, 5.41) is 0. The third kappa shape index (κ3) is 3.43. The second kappa shape index (κ2) is 7.58. The monoisotopic (exact) mass is 450 g/mol. The van der Waals surface area contributed by atoms with Gasteiger partial charge in [-0.25, -0.2) is 21.1 Å². The van der Waals surface area contributed by atoms with Crippen LogP contribution in [0.25, 0.3) is 0 Å². The highest BCUT2D eigenvalue weighted by Crippen LogP contribution is 2.30. The van der Waals surface area contributed by atoms with Crippen LogP contribution in [-0.4, -0.2) is 70.0 Å². The minimum Gasteiger partial charge on any atom is -0.379 e. The molecule has 11 heteroatoms. The third-order valence-corrected chi connectivity index (χ3v) is 8.64. The average molecular weight is 450 g/mol. The van der Waals surface area contributed by atoms with Crippen LogP contribution in [-0.2, 0) is 24.8 Å². The fraction of sp³-hybridized carbons (Fsp3) is 0.263. The molecule has 4 rings (SSSR count). The SMILES string of the molecule is O=C(CN1C(=O)c2ccccc2S1(=O)=O)c1cccc(S(=O)(=O)N2CCOCC2)c1. The Kier molecular flexibility index (Phi) is 5.22. The number of hydrogen-bond acceptors (Lipinski definition) is 7. The van der Waals surface area contributed by atoms with E-state index >= 15 is 0 Å². The molecule has 0 aromatic heterocycles. The van der Waals surface area contributed by atoms with Crippen LogP contribution in [0, 0.1) is 0 Å². The van der Waals surface area contributed by atoms with Crippen molar-refractivity contribution >= 4 is 31.7 Å². The number of hydrogen-bond donors (Lipinski definition) is 0. The normalized spacial score (nSPS) is 18.9. The number of Topliss-reactive ketones (excluding diaryl/α,β-unsaturated/α-hetero) is 1. The van der Waals surface area contributed by atoms with E-state index in [2.05, 4.69) is 0 Å². The van der Waals surface area contributed by atoms with Crippen molar-refractivity contribution in [2.24, 2.45) is 0 Å². The van der Waals surface area contributed by atoms with Gasteiger partial charge < -0.3 is 4.74 Å². The predicted octanol–water partition coefficient (Wildman–Crippen LogP) is 0.735. The van der Waals surface area contributed by atoms with E-state index in [-0.39, 0.29) is 47.2 Å². The van der Waals surface area contributed by atoms with E-state index < -0.39 is 38.3 Å². The van der Waals surface area contributed by atoms with Crippen LogP contribution in [0.1, 0.15) is 20.7 Å². The van der Waals surface area contributed by atoms with Crippen LogP contribution >= 0.6 is 0 Å². The molecule has 9 nitrogen and oxygen atoms in total. The van der Waals surface area contributed by atoms with Crippen LogP contribution in [0.2, 0.25) is 0 Å². The Morgan fingerprint density at radius 1 is 1.03 bits per heavy atom. The van der Waals surface area contributed by atoms with Crippen molar-refractivity contribution in [2.75, 3.05) is 32.8 Å². The van der Waals surface area contributed by atoms with E-state index in [0.29, 0.717) is 4.31 Å². The van der Waals surface area contributed by atoms with Crippen LogP contribution in [0.5, 0.6) is 0 Å². The topological polar surface area (TPSA) is 118 Å². The summed E-state index contributed by atoms with van der Waals surface area (Å²) in [6.07, 6.45) is 0. The third-order valence-electron chi connectivity index (χ3n) is 4.96. The summed E-state index contributed by atoms with van der Waals surface area (Å²) in [5.74, 6) is -1.46. The van der Waals surface area contributed by atoms with Gasteiger partial charge in [-0.2, -0.15) is 4.31 Å². The number of ketones is 1. The zero-order valence-electron chi connectivity index (χ0n) is 15.7. The van der Waals surface area contributed by atoms with Crippen molar-refractivity contribution in [3.63, 3.8) is 0 Å². The minimum absolute atomic E-state index is 0.00305. The molecule has 0 spiro atoms. The lowest BCUT2D eigenvalue weighted by Crippen LogP contribution is -2.40. The van der Waals surface area contributed by atoms with Crippen molar-refractivity contribution < 1.29 is 31.2 Å². The predicted molar refractivity (Wildman–Crippen MR) is 105 cm³/mol. The van der Waals surface area contributed by atoms with Crippen molar-refractivity contribution in [3.05, 3.63) is 59.7 Å². The molecule has 2 aromatic carbocycles. The first-order valence-electron chi connectivity index (χ1n) is 9.10. The van der Waals surface area contributed by atoms with Crippen molar-refractivity contribution in [1.29, 1.82) is 0 Å². The Morgan fingerprint density at radius 3 is 2.43 bits per heavy atom. The standard InChI is InChI=1S/C19H18N2O7S2/c22-17(13-21-19(23)16-6-1-2-7-18(16)30(21,26)27)14-4-3-5-15(12-14)29(24,25)20-8-10-28-11-9-20/h1-7,12H,8-11,13H2. The first-order chi connectivity index (χ1) is 14.2. The van der Waals surface area contributed by atoms with Crippen LogP contribution in [0.15, 0.2) is 58.3 Å². The average Bonchev–Trinajstić information content (AvgIpc) is 2.95. The molecular formula is C19H18N2O7S2. The largest absolute Gasteiger partial charge is 0.379 e. The molecule has 2 aliphatic heterocycles. The number of benzene rings is 2. The highest BCUT2D eigenvalue weighted by atomic mass is 32.2. The number of carbonyl (C=O) groups excluding carboxylic acids is 2. The molecule has 0 saturated carbocycles. The molecule has 0 radical (unpaired) electrons. The van der Waals surface area contributed by atoms with Crippen LogP contribution in [0.4, 0.5) is 0 Å². The summed E-state index contributed by atoms with van der Waals surface area (Å²) in [5.41, 5.74) is 0.0113. The molecule has 158 valence electrons. The van der Waals surface area contributed by atoms with Gasteiger partial charge in [0.15, 0.2) is 5.78 Å². The number of fused-ring (bicyclic) bond motifs is 1. The number of carbonyl (C=O) groups is 2.